The first-order valence-corrected chi connectivity index (χ1v) is 12.0. The molecule has 1 fully saturated rings. The Bertz CT molecular complexity index is 1510. The maximum absolute atomic E-state index is 13.7. The van der Waals surface area contributed by atoms with Crippen molar-refractivity contribution in [2.75, 3.05) is 18.0 Å². The number of Topliss-reactive ketones (excluding diaryl/α,β-unsaturated/α-hetero) is 1. The van der Waals surface area contributed by atoms with Crippen molar-refractivity contribution in [1.82, 2.24) is 24.0 Å². The SMILES string of the molecule is CC(C)=CCn1c(N2CCC3CNC=C32)nc2c1c(=O)n(CC(=O)c1ccc(Cl)cc1)c(=O)n2C. The number of allylic oxidation sites excluding steroid dienone is 2. The summed E-state index contributed by atoms with van der Waals surface area (Å²) in [5.41, 5.74) is 2.13. The molecule has 0 amide bonds. The van der Waals surface area contributed by atoms with Crippen LogP contribution in [-0.2, 0) is 20.1 Å². The third kappa shape index (κ3) is 3.99. The zero-order valence-corrected chi connectivity index (χ0v) is 20.7. The first-order valence-electron chi connectivity index (χ1n) is 11.6. The molecule has 5 rings (SSSR count). The van der Waals surface area contributed by atoms with E-state index in [0.717, 1.165) is 35.3 Å². The molecule has 1 saturated heterocycles. The average Bonchev–Trinajstić information content (AvgIpc) is 3.54. The molecular formula is C25H27ClN6O3. The number of fused-ring (bicyclic) bond motifs is 2. The normalized spacial score (nSPS) is 16.9. The summed E-state index contributed by atoms with van der Waals surface area (Å²) in [6.45, 7) is 5.72. The topological polar surface area (TPSA) is 94.2 Å². The van der Waals surface area contributed by atoms with E-state index in [9.17, 15) is 14.4 Å². The highest BCUT2D eigenvalue weighted by Gasteiger charge is 2.35. The van der Waals surface area contributed by atoms with E-state index in [1.54, 1.807) is 31.3 Å². The van der Waals surface area contributed by atoms with Crippen molar-refractivity contribution >= 4 is 34.5 Å². The Kier molecular flexibility index (Phi) is 5.88. The largest absolute Gasteiger partial charge is 0.389 e. The lowest BCUT2D eigenvalue weighted by Gasteiger charge is -2.19. The predicted octanol–water partition coefficient (Wildman–Crippen LogP) is 2.67. The number of aryl methyl sites for hydroxylation is 1. The van der Waals surface area contributed by atoms with Crippen LogP contribution in [0.3, 0.4) is 0 Å². The number of rotatable bonds is 6. The highest BCUT2D eigenvalue weighted by molar-refractivity contribution is 6.30. The minimum Gasteiger partial charge on any atom is -0.389 e. The third-order valence-electron chi connectivity index (χ3n) is 6.65. The fourth-order valence-corrected chi connectivity index (χ4v) is 4.85. The molecule has 9 nitrogen and oxygen atoms in total. The number of carbonyl (C=O) groups excluding carboxylic acids is 1. The van der Waals surface area contributed by atoms with Crippen LogP contribution in [0.25, 0.3) is 11.2 Å². The smallest absolute Gasteiger partial charge is 0.332 e. The van der Waals surface area contributed by atoms with Crippen molar-refractivity contribution in [3.05, 3.63) is 79.2 Å². The highest BCUT2D eigenvalue weighted by atomic mass is 35.5. The molecule has 1 aromatic carbocycles. The number of halogens is 1. The summed E-state index contributed by atoms with van der Waals surface area (Å²) in [4.78, 5) is 46.7. The van der Waals surface area contributed by atoms with Crippen molar-refractivity contribution in [2.24, 2.45) is 13.0 Å². The molecule has 1 N–H and O–H groups in total. The number of carbonyl (C=O) groups is 1. The maximum Gasteiger partial charge on any atom is 0.332 e. The van der Waals surface area contributed by atoms with Crippen molar-refractivity contribution < 1.29 is 4.79 Å². The Morgan fingerprint density at radius 1 is 1.20 bits per heavy atom. The van der Waals surface area contributed by atoms with Gasteiger partial charge in [-0.2, -0.15) is 4.98 Å². The molecular weight excluding hydrogens is 468 g/mol. The number of hydrogen-bond donors (Lipinski definition) is 1. The van der Waals surface area contributed by atoms with Crippen molar-refractivity contribution in [3.63, 3.8) is 0 Å². The lowest BCUT2D eigenvalue weighted by molar-refractivity contribution is 0.0969. The molecule has 0 bridgehead atoms. The molecule has 1 unspecified atom stereocenters. The van der Waals surface area contributed by atoms with Crippen LogP contribution in [0.4, 0.5) is 5.95 Å². The summed E-state index contributed by atoms with van der Waals surface area (Å²) in [6.07, 6.45) is 5.01. The molecule has 10 heteroatoms. The number of imidazole rings is 1. The standard InChI is InChI=1S/C25H27ClN6O3/c1-15(2)8-10-31-21-22(28-24(31)30-11-9-17-12-27-13-19(17)30)29(3)25(35)32(23(21)34)14-20(33)16-4-6-18(26)7-5-16/h4-8,13,17,27H,9-12,14H2,1-3H3. The van der Waals surface area contributed by atoms with Crippen LogP contribution in [0.15, 0.2) is 57.4 Å². The van der Waals surface area contributed by atoms with E-state index in [1.807, 2.05) is 30.7 Å². The van der Waals surface area contributed by atoms with Crippen LogP contribution in [0.1, 0.15) is 30.6 Å². The fraction of sp³-hybridized carbons (Fsp3) is 0.360. The van der Waals surface area contributed by atoms with Crippen LogP contribution in [-0.4, -0.2) is 37.6 Å². The Balaban J connectivity index is 1.67. The van der Waals surface area contributed by atoms with Crippen LogP contribution in [0, 0.1) is 5.92 Å². The van der Waals surface area contributed by atoms with Gasteiger partial charge in [-0.1, -0.05) is 23.3 Å². The fourth-order valence-electron chi connectivity index (χ4n) is 4.73. The van der Waals surface area contributed by atoms with Gasteiger partial charge in [0.15, 0.2) is 16.9 Å². The number of aromatic nitrogens is 4. The van der Waals surface area contributed by atoms with Gasteiger partial charge >= 0.3 is 5.69 Å². The molecule has 3 aromatic rings. The monoisotopic (exact) mass is 494 g/mol. The van der Waals surface area contributed by atoms with E-state index in [4.69, 9.17) is 16.6 Å². The summed E-state index contributed by atoms with van der Waals surface area (Å²) in [6, 6.07) is 6.39. The Morgan fingerprint density at radius 2 is 1.94 bits per heavy atom. The Labute approximate surface area is 206 Å². The molecule has 35 heavy (non-hydrogen) atoms. The molecule has 2 aromatic heterocycles. The van der Waals surface area contributed by atoms with Gasteiger partial charge in [-0.05, 0) is 44.5 Å². The van der Waals surface area contributed by atoms with Gasteiger partial charge < -0.3 is 14.8 Å². The molecule has 0 spiro atoms. The van der Waals surface area contributed by atoms with Crippen molar-refractivity contribution in [3.8, 4) is 0 Å². The summed E-state index contributed by atoms with van der Waals surface area (Å²) in [7, 11) is 1.58. The summed E-state index contributed by atoms with van der Waals surface area (Å²) in [5, 5.41) is 3.79. The van der Waals surface area contributed by atoms with Gasteiger partial charge in [-0.3, -0.25) is 18.7 Å². The van der Waals surface area contributed by atoms with Crippen molar-refractivity contribution in [2.45, 2.75) is 33.4 Å². The number of benzene rings is 1. The van der Waals surface area contributed by atoms with E-state index >= 15 is 0 Å². The molecule has 4 heterocycles. The molecule has 0 saturated carbocycles. The van der Waals surface area contributed by atoms with Gasteiger partial charge in [-0.15, -0.1) is 0 Å². The second-order valence-corrected chi connectivity index (χ2v) is 9.69. The first kappa shape index (κ1) is 23.2. The number of nitrogens with zero attached hydrogens (tertiary/aromatic N) is 5. The summed E-state index contributed by atoms with van der Waals surface area (Å²) in [5.74, 6) is 0.688. The molecule has 2 aliphatic heterocycles. The molecule has 0 radical (unpaired) electrons. The zero-order chi connectivity index (χ0) is 24.9. The van der Waals surface area contributed by atoms with E-state index in [-0.39, 0.29) is 12.3 Å². The average molecular weight is 495 g/mol. The molecule has 1 atom stereocenters. The number of nitrogens with one attached hydrogen (secondary N) is 1. The van der Waals surface area contributed by atoms with Gasteiger partial charge in [0.25, 0.3) is 5.56 Å². The zero-order valence-electron chi connectivity index (χ0n) is 19.9. The van der Waals surface area contributed by atoms with Gasteiger partial charge in [0.2, 0.25) is 5.95 Å². The highest BCUT2D eigenvalue weighted by Crippen LogP contribution is 2.35. The minimum atomic E-state index is -0.579. The second-order valence-electron chi connectivity index (χ2n) is 9.25. The van der Waals surface area contributed by atoms with Gasteiger partial charge in [0.05, 0.1) is 6.54 Å². The van der Waals surface area contributed by atoms with Crippen LogP contribution < -0.4 is 21.5 Å². The quantitative estimate of drug-likeness (QED) is 0.418. The first-order chi connectivity index (χ1) is 16.8. The van der Waals surface area contributed by atoms with E-state index < -0.39 is 11.2 Å². The lowest BCUT2D eigenvalue weighted by Crippen LogP contribution is -2.41. The van der Waals surface area contributed by atoms with Crippen LogP contribution in [0.5, 0.6) is 0 Å². The van der Waals surface area contributed by atoms with Crippen LogP contribution in [0.2, 0.25) is 5.02 Å². The second kappa shape index (κ2) is 8.88. The van der Waals surface area contributed by atoms with E-state index in [0.29, 0.717) is 40.2 Å². The Morgan fingerprint density at radius 3 is 2.66 bits per heavy atom. The van der Waals surface area contributed by atoms with E-state index in [1.165, 1.54) is 4.57 Å². The van der Waals surface area contributed by atoms with Gasteiger partial charge in [0.1, 0.15) is 0 Å². The number of ketones is 1. The third-order valence-corrected chi connectivity index (χ3v) is 6.90. The molecule has 182 valence electrons. The minimum absolute atomic E-state index is 0.304. The maximum atomic E-state index is 13.7. The molecule has 0 aliphatic carbocycles. The Hall–Kier alpha value is -3.59. The number of anilines is 1. The summed E-state index contributed by atoms with van der Waals surface area (Å²) < 4.78 is 4.20. The summed E-state index contributed by atoms with van der Waals surface area (Å²) >= 11 is 5.93. The van der Waals surface area contributed by atoms with Gasteiger partial charge in [-0.25, -0.2) is 4.79 Å². The number of hydrogen-bond acceptors (Lipinski definition) is 6. The lowest BCUT2D eigenvalue weighted by atomic mass is 10.1. The van der Waals surface area contributed by atoms with Gasteiger partial charge in [0, 0.05) is 55.1 Å². The molecule has 2 aliphatic rings. The van der Waals surface area contributed by atoms with E-state index in [2.05, 4.69) is 10.2 Å². The van der Waals surface area contributed by atoms with Crippen LogP contribution >= 0.6 is 11.6 Å². The predicted molar refractivity (Wildman–Crippen MR) is 136 cm³/mol. The van der Waals surface area contributed by atoms with Crippen molar-refractivity contribution in [1.29, 1.82) is 0 Å².